The van der Waals surface area contributed by atoms with E-state index in [2.05, 4.69) is 28.1 Å². The summed E-state index contributed by atoms with van der Waals surface area (Å²) in [4.78, 5) is 43.4. The molecule has 1 atom stereocenters. The Hall–Kier alpha value is -4.73. The van der Waals surface area contributed by atoms with Gasteiger partial charge in [0, 0.05) is 37.4 Å². The third-order valence-corrected chi connectivity index (χ3v) is 7.61. The average molecular weight is 571 g/mol. The van der Waals surface area contributed by atoms with E-state index >= 15 is 8.78 Å². The molecule has 0 unspecified atom stereocenters. The smallest absolute Gasteiger partial charge is 0.350 e. The highest BCUT2D eigenvalue weighted by Crippen LogP contribution is 2.35. The fourth-order valence-electron chi connectivity index (χ4n) is 5.55. The van der Waals surface area contributed by atoms with E-state index in [4.69, 9.17) is 0 Å². The van der Waals surface area contributed by atoms with Gasteiger partial charge >= 0.3 is 5.69 Å². The lowest BCUT2D eigenvalue weighted by Gasteiger charge is -2.40. The van der Waals surface area contributed by atoms with Crippen molar-refractivity contribution in [3.8, 4) is 16.9 Å². The van der Waals surface area contributed by atoms with Crippen molar-refractivity contribution < 1.29 is 13.6 Å². The molecule has 3 aromatic heterocycles. The molecule has 1 aromatic carbocycles. The summed E-state index contributed by atoms with van der Waals surface area (Å²) in [7, 11) is 0. The number of rotatable bonds is 6. The monoisotopic (exact) mass is 570 g/mol. The second-order valence-electron chi connectivity index (χ2n) is 10.7. The summed E-state index contributed by atoms with van der Waals surface area (Å²) in [5.74, 6) is -1.45. The van der Waals surface area contributed by atoms with E-state index in [9.17, 15) is 9.59 Å². The van der Waals surface area contributed by atoms with Gasteiger partial charge in [-0.15, -0.1) is 0 Å². The van der Waals surface area contributed by atoms with Gasteiger partial charge in [0.15, 0.2) is 11.5 Å². The topological polar surface area (TPSA) is 84.2 Å². The second kappa shape index (κ2) is 11.3. The first kappa shape index (κ1) is 28.8. The molecular formula is C32H32F2N6O2. The molecule has 1 saturated heterocycles. The lowest BCUT2D eigenvalue weighted by Crippen LogP contribution is -2.54. The number of nitrogens with zero attached hydrogens (tertiary/aromatic N) is 6. The molecule has 0 bridgehead atoms. The summed E-state index contributed by atoms with van der Waals surface area (Å²) in [5, 5.41) is 0.278. The van der Waals surface area contributed by atoms with Crippen LogP contribution in [0.15, 0.2) is 60.6 Å². The highest BCUT2D eigenvalue weighted by molar-refractivity contribution is 5.92. The van der Waals surface area contributed by atoms with Crippen LogP contribution in [0.3, 0.4) is 0 Å². The summed E-state index contributed by atoms with van der Waals surface area (Å²) in [5.41, 5.74) is 1.44. The van der Waals surface area contributed by atoms with E-state index in [0.29, 0.717) is 36.6 Å². The van der Waals surface area contributed by atoms with Crippen LogP contribution in [0.2, 0.25) is 0 Å². The van der Waals surface area contributed by atoms with Gasteiger partial charge in [-0.25, -0.2) is 23.1 Å². The van der Waals surface area contributed by atoms with Crippen LogP contribution in [-0.2, 0) is 4.79 Å². The normalized spacial score (nSPS) is 15.4. The van der Waals surface area contributed by atoms with Crippen LogP contribution in [0.25, 0.3) is 34.1 Å². The summed E-state index contributed by atoms with van der Waals surface area (Å²) in [6.45, 7) is 16.1. The quantitative estimate of drug-likeness (QED) is 0.288. The van der Waals surface area contributed by atoms with Crippen LogP contribution in [0.5, 0.6) is 0 Å². The highest BCUT2D eigenvalue weighted by Gasteiger charge is 2.31. The van der Waals surface area contributed by atoms with E-state index in [1.807, 2.05) is 32.6 Å². The van der Waals surface area contributed by atoms with Crippen molar-refractivity contribution in [1.82, 2.24) is 24.4 Å². The number of pyridine rings is 2. The molecule has 0 N–H and O–H groups in total. The van der Waals surface area contributed by atoms with E-state index in [0.717, 1.165) is 5.56 Å². The predicted molar refractivity (Wildman–Crippen MR) is 161 cm³/mol. The largest absolute Gasteiger partial charge is 0.355 e. The molecule has 1 aliphatic heterocycles. The highest BCUT2D eigenvalue weighted by atomic mass is 19.1. The van der Waals surface area contributed by atoms with Gasteiger partial charge in [0.1, 0.15) is 17.3 Å². The van der Waals surface area contributed by atoms with Gasteiger partial charge in [0.05, 0.1) is 16.8 Å². The Kier molecular flexibility index (Phi) is 7.73. The Morgan fingerprint density at radius 1 is 1.12 bits per heavy atom. The number of carbonyl (C=O) groups is 1. The number of aryl methyl sites for hydroxylation is 1. The van der Waals surface area contributed by atoms with Crippen molar-refractivity contribution in [3.63, 3.8) is 0 Å². The summed E-state index contributed by atoms with van der Waals surface area (Å²) in [6.07, 6.45) is 4.37. The van der Waals surface area contributed by atoms with Gasteiger partial charge in [-0.1, -0.05) is 45.2 Å². The molecule has 1 aliphatic rings. The van der Waals surface area contributed by atoms with Crippen molar-refractivity contribution >= 4 is 28.8 Å². The zero-order valence-corrected chi connectivity index (χ0v) is 24.1. The minimum absolute atomic E-state index is 0.0545. The van der Waals surface area contributed by atoms with Gasteiger partial charge in [-0.3, -0.25) is 9.78 Å². The minimum atomic E-state index is -0.774. The third kappa shape index (κ3) is 4.87. The van der Waals surface area contributed by atoms with Gasteiger partial charge in [-0.2, -0.15) is 4.98 Å². The number of halogens is 2. The SMILES string of the molecule is C=CC(=O)N1CCN(c2nc(=O)n(-c3c(C)ccnc3C(C)C)c3nc(-c4c(F)cccc4C=C)c(F)cc23)[C@@H](C)C1. The lowest BCUT2D eigenvalue weighted by molar-refractivity contribution is -0.126. The van der Waals surface area contributed by atoms with Crippen molar-refractivity contribution in [1.29, 1.82) is 0 Å². The van der Waals surface area contributed by atoms with Crippen LogP contribution >= 0.6 is 0 Å². The van der Waals surface area contributed by atoms with Gasteiger partial charge in [0.2, 0.25) is 5.91 Å². The number of anilines is 1. The number of carbonyl (C=O) groups excluding carboxylic acids is 1. The van der Waals surface area contributed by atoms with E-state index in [1.54, 1.807) is 23.2 Å². The third-order valence-electron chi connectivity index (χ3n) is 7.61. The zero-order chi connectivity index (χ0) is 30.3. The molecule has 216 valence electrons. The summed E-state index contributed by atoms with van der Waals surface area (Å²) in [6, 6.07) is 7.15. The molecule has 4 heterocycles. The van der Waals surface area contributed by atoms with Crippen LogP contribution in [-0.4, -0.2) is 56.0 Å². The number of benzene rings is 1. The molecule has 4 aromatic rings. The van der Waals surface area contributed by atoms with Crippen LogP contribution in [0, 0.1) is 18.6 Å². The molecule has 0 saturated carbocycles. The minimum Gasteiger partial charge on any atom is -0.350 e. The lowest BCUT2D eigenvalue weighted by atomic mass is 10.0. The molecule has 0 aliphatic carbocycles. The predicted octanol–water partition coefficient (Wildman–Crippen LogP) is 5.42. The first-order valence-corrected chi connectivity index (χ1v) is 13.8. The number of piperazine rings is 1. The fourth-order valence-corrected chi connectivity index (χ4v) is 5.55. The van der Waals surface area contributed by atoms with E-state index < -0.39 is 17.3 Å². The van der Waals surface area contributed by atoms with Crippen LogP contribution in [0.1, 0.15) is 43.5 Å². The maximum atomic E-state index is 16.0. The Morgan fingerprint density at radius 3 is 2.55 bits per heavy atom. The Morgan fingerprint density at radius 2 is 1.88 bits per heavy atom. The standard InChI is InChI=1S/C32H32F2N6O2/c1-7-21-10-9-11-23(33)26(21)28-24(34)16-22-30(39-15-14-38(17-20(39)6)25(41)8-2)37-32(42)40(31(22)36-28)29-19(5)12-13-35-27(29)18(3)4/h7-13,16,18,20H,1-2,14-15,17H2,3-6H3/t20-/m0/s1. The molecule has 0 radical (unpaired) electrons. The van der Waals surface area contributed by atoms with E-state index in [-0.39, 0.29) is 46.0 Å². The van der Waals surface area contributed by atoms with Crippen molar-refractivity contribution in [2.45, 2.75) is 39.7 Å². The van der Waals surface area contributed by atoms with E-state index in [1.165, 1.54) is 34.9 Å². The number of amides is 1. The van der Waals surface area contributed by atoms with Crippen molar-refractivity contribution in [2.24, 2.45) is 0 Å². The maximum Gasteiger partial charge on any atom is 0.355 e. The van der Waals surface area contributed by atoms with Crippen LogP contribution < -0.4 is 10.6 Å². The first-order valence-electron chi connectivity index (χ1n) is 13.8. The van der Waals surface area contributed by atoms with Crippen molar-refractivity contribution in [2.75, 3.05) is 24.5 Å². The molecule has 42 heavy (non-hydrogen) atoms. The molecular weight excluding hydrogens is 538 g/mol. The summed E-state index contributed by atoms with van der Waals surface area (Å²) >= 11 is 0. The molecule has 0 spiro atoms. The van der Waals surface area contributed by atoms with Crippen LogP contribution in [0.4, 0.5) is 14.6 Å². The van der Waals surface area contributed by atoms with Gasteiger partial charge in [-0.05, 0) is 55.2 Å². The second-order valence-corrected chi connectivity index (χ2v) is 10.7. The molecule has 1 fully saturated rings. The Bertz CT molecular complexity index is 1800. The Balaban J connectivity index is 1.85. The first-order chi connectivity index (χ1) is 20.1. The molecule has 10 heteroatoms. The molecule has 5 rings (SSSR count). The number of hydrogen-bond donors (Lipinski definition) is 0. The number of hydrogen-bond acceptors (Lipinski definition) is 6. The van der Waals surface area contributed by atoms with Gasteiger partial charge < -0.3 is 9.80 Å². The summed E-state index contributed by atoms with van der Waals surface area (Å²) < 4.78 is 32.6. The number of aromatic nitrogens is 4. The fraction of sp³-hybridized carbons (Fsp3) is 0.281. The molecule has 8 nitrogen and oxygen atoms in total. The molecule has 1 amide bonds. The Labute approximate surface area is 242 Å². The number of fused-ring (bicyclic) bond motifs is 1. The zero-order valence-electron chi connectivity index (χ0n) is 24.1. The van der Waals surface area contributed by atoms with Crippen molar-refractivity contribution in [3.05, 3.63) is 94.7 Å². The van der Waals surface area contributed by atoms with Gasteiger partial charge in [0.25, 0.3) is 0 Å². The average Bonchev–Trinajstić information content (AvgIpc) is 2.96. The maximum absolute atomic E-state index is 16.0.